The lowest BCUT2D eigenvalue weighted by atomic mass is 10.2. The molecule has 0 fully saturated rings. The molecule has 2 rings (SSSR count). The molecule has 2 aromatic rings. The van der Waals surface area contributed by atoms with Crippen LogP contribution in [0, 0.1) is 0 Å². The molecule has 0 amide bonds. The van der Waals surface area contributed by atoms with Crippen molar-refractivity contribution in [3.05, 3.63) is 71.8 Å². The topological polar surface area (TPSA) is 43.4 Å². The van der Waals surface area contributed by atoms with E-state index in [0.29, 0.717) is 11.1 Å². The molecule has 3 nitrogen and oxygen atoms in total. The Morgan fingerprint density at radius 2 is 1.09 bits per heavy atom. The normalized spacial score (nSPS) is 7.91. The van der Waals surface area contributed by atoms with Gasteiger partial charge >= 0.3 is 5.97 Å². The van der Waals surface area contributed by atoms with Crippen LogP contribution < -0.4 is 0 Å². The van der Waals surface area contributed by atoms with Gasteiger partial charge in [-0.25, -0.2) is 4.79 Å². The molecule has 0 atom stereocenters. The first-order valence-electron chi connectivity index (χ1n) is 7.53. The third-order valence-electron chi connectivity index (χ3n) is 2.20. The molecule has 23 heavy (non-hydrogen) atoms. The van der Waals surface area contributed by atoms with E-state index < -0.39 is 5.24 Å². The minimum absolute atomic E-state index is 0.291. The van der Waals surface area contributed by atoms with Crippen LogP contribution in [-0.2, 0) is 4.74 Å². The van der Waals surface area contributed by atoms with E-state index in [1.807, 2.05) is 39.8 Å². The van der Waals surface area contributed by atoms with Crippen LogP contribution in [0.25, 0.3) is 0 Å². The number of esters is 1. The fourth-order valence-corrected chi connectivity index (χ4v) is 1.39. The Bertz CT molecular complexity index is 525. The number of carbonyl (C=O) groups excluding carboxylic acids is 2. The van der Waals surface area contributed by atoms with Gasteiger partial charge in [-0.15, -0.1) is 0 Å². The highest BCUT2D eigenvalue weighted by atomic mass is 35.5. The number of hydrogen-bond acceptors (Lipinski definition) is 3. The average molecular weight is 337 g/mol. The third-order valence-corrected chi connectivity index (χ3v) is 2.41. The molecule has 0 N–H and O–H groups in total. The van der Waals surface area contributed by atoms with Crippen molar-refractivity contribution in [2.45, 2.75) is 27.7 Å². The third kappa shape index (κ3) is 11.1. The summed E-state index contributed by atoms with van der Waals surface area (Å²) in [6, 6.07) is 17.6. The quantitative estimate of drug-likeness (QED) is 0.530. The summed E-state index contributed by atoms with van der Waals surface area (Å²) >= 11 is 5.16. The lowest BCUT2D eigenvalue weighted by molar-refractivity contribution is 0.0600. The molecular formula is C19H25ClO3. The maximum absolute atomic E-state index is 10.8. The van der Waals surface area contributed by atoms with E-state index in [1.165, 1.54) is 7.11 Å². The second-order valence-corrected chi connectivity index (χ2v) is 3.84. The molecule has 0 saturated heterocycles. The molecule has 0 aromatic heterocycles. The van der Waals surface area contributed by atoms with Crippen molar-refractivity contribution in [3.63, 3.8) is 0 Å². The monoisotopic (exact) mass is 336 g/mol. The second-order valence-electron chi connectivity index (χ2n) is 3.50. The molecule has 0 aliphatic heterocycles. The Labute approximate surface area is 144 Å². The lowest BCUT2D eigenvalue weighted by Gasteiger charge is -1.95. The van der Waals surface area contributed by atoms with Crippen LogP contribution in [-0.4, -0.2) is 18.3 Å². The number of carbonyl (C=O) groups is 2. The average Bonchev–Trinajstić information content (AvgIpc) is 2.66. The highest BCUT2D eigenvalue weighted by Gasteiger charge is 2.00. The number of rotatable bonds is 2. The fourth-order valence-electron chi connectivity index (χ4n) is 1.26. The van der Waals surface area contributed by atoms with Gasteiger partial charge in [-0.3, -0.25) is 4.79 Å². The summed E-state index contributed by atoms with van der Waals surface area (Å²) in [6.07, 6.45) is 0. The van der Waals surface area contributed by atoms with E-state index in [4.69, 9.17) is 11.6 Å². The van der Waals surface area contributed by atoms with Crippen LogP contribution in [0.4, 0.5) is 0 Å². The zero-order valence-corrected chi connectivity index (χ0v) is 15.1. The molecule has 4 heteroatoms. The van der Waals surface area contributed by atoms with Crippen molar-refractivity contribution in [1.82, 2.24) is 0 Å². The highest BCUT2D eigenvalue weighted by Crippen LogP contribution is 2.01. The Morgan fingerprint density at radius 1 is 0.739 bits per heavy atom. The maximum Gasteiger partial charge on any atom is 0.337 e. The van der Waals surface area contributed by atoms with Crippen LogP contribution in [0.2, 0.25) is 0 Å². The minimum Gasteiger partial charge on any atom is -0.465 e. The molecule has 0 bridgehead atoms. The van der Waals surface area contributed by atoms with E-state index in [1.54, 1.807) is 48.5 Å². The van der Waals surface area contributed by atoms with Crippen molar-refractivity contribution in [2.75, 3.05) is 7.11 Å². The van der Waals surface area contributed by atoms with Crippen LogP contribution in [0.15, 0.2) is 60.7 Å². The second kappa shape index (κ2) is 16.2. The van der Waals surface area contributed by atoms with E-state index in [9.17, 15) is 9.59 Å². The van der Waals surface area contributed by atoms with Crippen molar-refractivity contribution >= 4 is 22.8 Å². The van der Waals surface area contributed by atoms with Gasteiger partial charge in [0.1, 0.15) is 0 Å². The first-order chi connectivity index (χ1) is 11.1. The first-order valence-corrected chi connectivity index (χ1v) is 7.91. The van der Waals surface area contributed by atoms with Gasteiger partial charge in [0.2, 0.25) is 0 Å². The largest absolute Gasteiger partial charge is 0.465 e. The summed E-state index contributed by atoms with van der Waals surface area (Å²) in [7, 11) is 1.37. The van der Waals surface area contributed by atoms with Gasteiger partial charge < -0.3 is 4.74 Å². The highest BCUT2D eigenvalue weighted by molar-refractivity contribution is 6.67. The van der Waals surface area contributed by atoms with Gasteiger partial charge in [0.05, 0.1) is 12.7 Å². The van der Waals surface area contributed by atoms with Crippen molar-refractivity contribution in [2.24, 2.45) is 0 Å². The summed E-state index contributed by atoms with van der Waals surface area (Å²) in [4.78, 5) is 21.2. The summed E-state index contributed by atoms with van der Waals surface area (Å²) in [6.45, 7) is 8.00. The Kier molecular flexibility index (Phi) is 16.3. The maximum atomic E-state index is 10.8. The Balaban J connectivity index is 0. The van der Waals surface area contributed by atoms with Gasteiger partial charge in [-0.05, 0) is 23.7 Å². The Morgan fingerprint density at radius 3 is 1.35 bits per heavy atom. The number of methoxy groups -OCH3 is 1. The lowest BCUT2D eigenvalue weighted by Crippen LogP contribution is -1.99. The van der Waals surface area contributed by atoms with Gasteiger partial charge in [0.25, 0.3) is 5.24 Å². The number of hydrogen-bond donors (Lipinski definition) is 0. The molecule has 126 valence electrons. The van der Waals surface area contributed by atoms with E-state index in [-0.39, 0.29) is 5.97 Å². The zero-order chi connectivity index (χ0) is 18.1. The molecule has 2 aromatic carbocycles. The van der Waals surface area contributed by atoms with Crippen LogP contribution in [0.1, 0.15) is 48.4 Å². The molecule has 0 saturated carbocycles. The summed E-state index contributed by atoms with van der Waals surface area (Å²) < 4.78 is 4.50. The molecule has 0 heterocycles. The van der Waals surface area contributed by atoms with Crippen molar-refractivity contribution in [3.8, 4) is 0 Å². The van der Waals surface area contributed by atoms with Gasteiger partial charge in [-0.1, -0.05) is 76.2 Å². The zero-order valence-electron chi connectivity index (χ0n) is 14.4. The molecule has 0 aliphatic carbocycles. The smallest absolute Gasteiger partial charge is 0.337 e. The standard InChI is InChI=1S/C8H8O2.C7H5ClO.2C2H6/c1-10-8(9)7-5-3-2-4-6-7;8-7(9)6-4-2-1-3-5-6;2*1-2/h2-6H,1H3;1-5H;2*1-2H3. The molecule has 0 aliphatic rings. The van der Waals surface area contributed by atoms with Gasteiger partial charge in [0, 0.05) is 5.56 Å². The first kappa shape index (κ1) is 23.1. The predicted molar refractivity (Wildman–Crippen MR) is 97.1 cm³/mol. The predicted octanol–water partition coefficient (Wildman–Crippen LogP) is 5.59. The molecule has 0 spiro atoms. The summed E-state index contributed by atoms with van der Waals surface area (Å²) in [5.41, 5.74) is 1.13. The molecular weight excluding hydrogens is 312 g/mol. The van der Waals surface area contributed by atoms with E-state index >= 15 is 0 Å². The number of ether oxygens (including phenoxy) is 1. The van der Waals surface area contributed by atoms with Gasteiger partial charge in [0.15, 0.2) is 0 Å². The van der Waals surface area contributed by atoms with Crippen molar-refractivity contribution in [1.29, 1.82) is 0 Å². The number of halogens is 1. The minimum atomic E-state index is -0.407. The summed E-state index contributed by atoms with van der Waals surface area (Å²) in [5.74, 6) is -0.291. The van der Waals surface area contributed by atoms with Gasteiger partial charge in [-0.2, -0.15) is 0 Å². The number of benzene rings is 2. The summed E-state index contributed by atoms with van der Waals surface area (Å²) in [5, 5.41) is -0.407. The Hall–Kier alpha value is -2.13. The van der Waals surface area contributed by atoms with Crippen LogP contribution >= 0.6 is 11.6 Å². The molecule has 0 radical (unpaired) electrons. The SMILES string of the molecule is CC.CC.COC(=O)c1ccccc1.O=C(Cl)c1ccccc1. The van der Waals surface area contributed by atoms with E-state index in [2.05, 4.69) is 4.74 Å². The fraction of sp³-hybridized carbons (Fsp3) is 0.263. The van der Waals surface area contributed by atoms with E-state index in [0.717, 1.165) is 0 Å². The van der Waals surface area contributed by atoms with Crippen LogP contribution in [0.3, 0.4) is 0 Å². The van der Waals surface area contributed by atoms with Crippen molar-refractivity contribution < 1.29 is 14.3 Å². The van der Waals surface area contributed by atoms with Crippen LogP contribution in [0.5, 0.6) is 0 Å². The molecule has 0 unspecified atom stereocenters.